The van der Waals surface area contributed by atoms with Crippen LogP contribution in [-0.2, 0) is 0 Å². The van der Waals surface area contributed by atoms with Gasteiger partial charge >= 0.3 is 0 Å². The molecule has 2 aliphatic heterocycles. The van der Waals surface area contributed by atoms with Gasteiger partial charge in [0.1, 0.15) is 4.60 Å². The molecule has 0 aliphatic carbocycles. The maximum atomic E-state index is 9.04. The molecule has 0 amide bonds. The summed E-state index contributed by atoms with van der Waals surface area (Å²) < 4.78 is 0.790. The number of aliphatic hydroxyl groups is 1. The molecule has 1 aromatic rings. The van der Waals surface area contributed by atoms with E-state index in [-0.39, 0.29) is 6.61 Å². The molecule has 0 spiro atoms. The Balaban J connectivity index is 1.76. The third-order valence-corrected chi connectivity index (χ3v) is 4.58. The summed E-state index contributed by atoms with van der Waals surface area (Å²) in [4.78, 5) is 16.2. The van der Waals surface area contributed by atoms with E-state index in [1.807, 2.05) is 0 Å². The number of nitrogens with zero attached hydrogens (tertiary/aromatic N) is 5. The van der Waals surface area contributed by atoms with Crippen LogP contribution < -0.4 is 9.80 Å². The molecule has 3 rings (SSSR count). The van der Waals surface area contributed by atoms with Crippen LogP contribution in [0, 0.1) is 0 Å². The van der Waals surface area contributed by atoms with E-state index in [2.05, 4.69) is 40.6 Å². The molecule has 21 heavy (non-hydrogen) atoms. The van der Waals surface area contributed by atoms with Gasteiger partial charge in [-0.05, 0) is 28.8 Å². The van der Waals surface area contributed by atoms with Gasteiger partial charge < -0.3 is 14.9 Å². The Labute approximate surface area is 133 Å². The largest absolute Gasteiger partial charge is 0.395 e. The van der Waals surface area contributed by atoms with Crippen LogP contribution in [0.1, 0.15) is 12.8 Å². The van der Waals surface area contributed by atoms with Crippen molar-refractivity contribution in [2.45, 2.75) is 12.8 Å². The summed E-state index contributed by atoms with van der Waals surface area (Å²) in [5.41, 5.74) is 0. The van der Waals surface area contributed by atoms with E-state index in [4.69, 9.17) is 5.11 Å². The lowest BCUT2D eigenvalue weighted by Gasteiger charge is -2.36. The number of anilines is 2. The van der Waals surface area contributed by atoms with Crippen molar-refractivity contribution in [3.05, 3.63) is 10.8 Å². The second-order valence-electron chi connectivity index (χ2n) is 5.59. The van der Waals surface area contributed by atoms with Gasteiger partial charge in [-0.1, -0.05) is 0 Å². The third kappa shape index (κ3) is 3.46. The normalized spacial score (nSPS) is 20.3. The molecule has 0 atom stereocenters. The van der Waals surface area contributed by atoms with Crippen LogP contribution in [0.5, 0.6) is 0 Å². The molecule has 0 radical (unpaired) electrons. The van der Waals surface area contributed by atoms with Gasteiger partial charge in [0, 0.05) is 45.8 Å². The standard InChI is InChI=1S/C14H22BrN5O/c15-12-11-16-13(19-3-1-2-4-19)14(17-12)20-7-5-18(6-8-20)9-10-21/h11,21H,1-10H2. The van der Waals surface area contributed by atoms with Crippen molar-refractivity contribution >= 4 is 27.6 Å². The molecule has 7 heteroatoms. The molecule has 0 saturated carbocycles. The lowest BCUT2D eigenvalue weighted by Crippen LogP contribution is -2.48. The van der Waals surface area contributed by atoms with Gasteiger partial charge in [0.15, 0.2) is 11.6 Å². The first kappa shape index (κ1) is 15.0. The van der Waals surface area contributed by atoms with E-state index < -0.39 is 0 Å². The maximum Gasteiger partial charge on any atom is 0.173 e. The predicted molar refractivity (Wildman–Crippen MR) is 86.9 cm³/mol. The fourth-order valence-electron chi connectivity index (χ4n) is 3.04. The van der Waals surface area contributed by atoms with E-state index in [9.17, 15) is 0 Å². The highest BCUT2D eigenvalue weighted by molar-refractivity contribution is 9.10. The monoisotopic (exact) mass is 355 g/mol. The van der Waals surface area contributed by atoms with Gasteiger partial charge in [-0.2, -0.15) is 0 Å². The molecule has 0 bridgehead atoms. The second-order valence-corrected chi connectivity index (χ2v) is 6.40. The first-order valence-electron chi connectivity index (χ1n) is 7.63. The Hall–Kier alpha value is -0.920. The average Bonchev–Trinajstić information content (AvgIpc) is 3.02. The summed E-state index contributed by atoms with van der Waals surface area (Å²) in [6.45, 7) is 6.95. The van der Waals surface area contributed by atoms with Crippen molar-refractivity contribution in [2.75, 3.05) is 62.2 Å². The molecule has 0 unspecified atom stereocenters. The molecule has 1 N–H and O–H groups in total. The SMILES string of the molecule is OCCN1CCN(c2nc(Br)cnc2N2CCCC2)CC1. The number of halogens is 1. The van der Waals surface area contributed by atoms with Crippen LogP contribution in [0.15, 0.2) is 10.8 Å². The highest BCUT2D eigenvalue weighted by Crippen LogP contribution is 2.29. The molecule has 1 aromatic heterocycles. The van der Waals surface area contributed by atoms with Gasteiger partial charge in [-0.15, -0.1) is 0 Å². The van der Waals surface area contributed by atoms with Crippen molar-refractivity contribution in [2.24, 2.45) is 0 Å². The molecular formula is C14H22BrN5O. The number of aromatic nitrogens is 2. The van der Waals surface area contributed by atoms with Crippen molar-refractivity contribution in [3.8, 4) is 0 Å². The van der Waals surface area contributed by atoms with E-state index in [1.165, 1.54) is 12.8 Å². The Morgan fingerprint density at radius 2 is 1.67 bits per heavy atom. The number of hydrogen-bond acceptors (Lipinski definition) is 6. The fourth-order valence-corrected chi connectivity index (χ4v) is 3.31. The Morgan fingerprint density at radius 3 is 2.33 bits per heavy atom. The van der Waals surface area contributed by atoms with Gasteiger partial charge in [0.25, 0.3) is 0 Å². The molecule has 116 valence electrons. The van der Waals surface area contributed by atoms with Crippen molar-refractivity contribution in [3.63, 3.8) is 0 Å². The molecule has 0 aromatic carbocycles. The number of rotatable bonds is 4. The van der Waals surface area contributed by atoms with Crippen molar-refractivity contribution < 1.29 is 5.11 Å². The Bertz CT molecular complexity index is 472. The van der Waals surface area contributed by atoms with Crippen LogP contribution in [-0.4, -0.2) is 72.4 Å². The topological polar surface area (TPSA) is 55.7 Å². The van der Waals surface area contributed by atoms with Crippen LogP contribution in [0.3, 0.4) is 0 Å². The zero-order valence-corrected chi connectivity index (χ0v) is 13.8. The van der Waals surface area contributed by atoms with Crippen LogP contribution in [0.25, 0.3) is 0 Å². The quantitative estimate of drug-likeness (QED) is 0.867. The summed E-state index contributed by atoms with van der Waals surface area (Å²) in [7, 11) is 0. The minimum Gasteiger partial charge on any atom is -0.395 e. The molecule has 6 nitrogen and oxygen atoms in total. The highest BCUT2D eigenvalue weighted by Gasteiger charge is 2.25. The van der Waals surface area contributed by atoms with E-state index in [0.717, 1.165) is 62.1 Å². The van der Waals surface area contributed by atoms with Crippen LogP contribution in [0.4, 0.5) is 11.6 Å². The second kappa shape index (κ2) is 6.89. The Kier molecular flexibility index (Phi) is 4.92. The first-order chi connectivity index (χ1) is 10.3. The number of β-amino-alcohol motifs (C(OH)–C–C–N with tert-alkyl or cyclic N) is 1. The molecule has 2 aliphatic rings. The summed E-state index contributed by atoms with van der Waals surface area (Å²) in [6, 6.07) is 0. The van der Waals surface area contributed by atoms with E-state index >= 15 is 0 Å². The Morgan fingerprint density at radius 1 is 1.00 bits per heavy atom. The van der Waals surface area contributed by atoms with Crippen LogP contribution in [0.2, 0.25) is 0 Å². The fraction of sp³-hybridized carbons (Fsp3) is 0.714. The third-order valence-electron chi connectivity index (χ3n) is 4.20. The smallest absolute Gasteiger partial charge is 0.173 e. The van der Waals surface area contributed by atoms with E-state index in [1.54, 1.807) is 6.20 Å². The van der Waals surface area contributed by atoms with E-state index in [0.29, 0.717) is 0 Å². The summed E-state index contributed by atoms with van der Waals surface area (Å²) in [5.74, 6) is 2.02. The minimum atomic E-state index is 0.232. The predicted octanol–water partition coefficient (Wildman–Crippen LogP) is 0.954. The van der Waals surface area contributed by atoms with Gasteiger partial charge in [0.2, 0.25) is 0 Å². The van der Waals surface area contributed by atoms with Crippen molar-refractivity contribution in [1.82, 2.24) is 14.9 Å². The zero-order chi connectivity index (χ0) is 14.7. The van der Waals surface area contributed by atoms with Gasteiger partial charge in [-0.25, -0.2) is 9.97 Å². The van der Waals surface area contributed by atoms with Gasteiger partial charge in [0.05, 0.1) is 12.8 Å². The summed E-state index contributed by atoms with van der Waals surface area (Å²) >= 11 is 3.45. The first-order valence-corrected chi connectivity index (χ1v) is 8.43. The molecular weight excluding hydrogens is 334 g/mol. The molecule has 2 saturated heterocycles. The average molecular weight is 356 g/mol. The maximum absolute atomic E-state index is 9.04. The summed E-state index contributed by atoms with van der Waals surface area (Å²) in [5, 5.41) is 9.04. The van der Waals surface area contributed by atoms with Gasteiger partial charge in [-0.3, -0.25) is 4.90 Å². The zero-order valence-electron chi connectivity index (χ0n) is 12.2. The number of aliphatic hydroxyl groups excluding tert-OH is 1. The van der Waals surface area contributed by atoms with Crippen molar-refractivity contribution in [1.29, 1.82) is 0 Å². The lowest BCUT2D eigenvalue weighted by atomic mass is 10.3. The summed E-state index contributed by atoms with van der Waals surface area (Å²) in [6.07, 6.45) is 4.27. The number of hydrogen-bond donors (Lipinski definition) is 1. The highest BCUT2D eigenvalue weighted by atomic mass is 79.9. The molecule has 3 heterocycles. The minimum absolute atomic E-state index is 0.232. The lowest BCUT2D eigenvalue weighted by molar-refractivity contribution is 0.188. The number of piperazine rings is 1. The van der Waals surface area contributed by atoms with Crippen LogP contribution >= 0.6 is 15.9 Å². The molecule has 2 fully saturated rings.